The largest absolute Gasteiger partial charge is 0.492 e. The molecule has 1 amide bonds. The van der Waals surface area contributed by atoms with E-state index in [0.29, 0.717) is 39.3 Å². The average Bonchev–Trinajstić information content (AvgIpc) is 2.97. The number of nitrogens with one attached hydrogen (secondary N) is 2. The van der Waals surface area contributed by atoms with E-state index < -0.39 is 6.10 Å². The second-order valence-electron chi connectivity index (χ2n) is 8.99. The van der Waals surface area contributed by atoms with Crippen molar-refractivity contribution in [3.63, 3.8) is 0 Å². The molecule has 4 rings (SSSR count). The maximum absolute atomic E-state index is 12.2. The summed E-state index contributed by atoms with van der Waals surface area (Å²) in [6.07, 6.45) is -0.294. The van der Waals surface area contributed by atoms with Crippen molar-refractivity contribution in [3.05, 3.63) is 131 Å². The fourth-order valence-corrected chi connectivity index (χ4v) is 3.87. The van der Waals surface area contributed by atoms with Gasteiger partial charge < -0.3 is 30.7 Å². The van der Waals surface area contributed by atoms with E-state index in [1.54, 1.807) is 0 Å². The molecule has 4 aromatic carbocycles. The molecule has 0 aromatic heterocycles. The van der Waals surface area contributed by atoms with Crippen LogP contribution in [0.5, 0.6) is 11.5 Å². The Labute approximate surface area is 229 Å². The second kappa shape index (κ2) is 15.9. The van der Waals surface area contributed by atoms with Gasteiger partial charge in [-0.15, -0.1) is 0 Å². The van der Waals surface area contributed by atoms with Crippen LogP contribution in [-0.2, 0) is 24.4 Å². The first-order chi connectivity index (χ1) is 18.7. The van der Waals surface area contributed by atoms with Crippen LogP contribution in [0.1, 0.15) is 28.4 Å². The number of aliphatic hydroxyl groups is 1. The minimum Gasteiger partial charge on any atom is -0.492 e. The van der Waals surface area contributed by atoms with Gasteiger partial charge in [0, 0.05) is 19.6 Å². The zero-order valence-electron chi connectivity index (χ0n) is 21.9. The van der Waals surface area contributed by atoms with Crippen LogP contribution in [-0.4, -0.2) is 36.2 Å². The summed E-state index contributed by atoms with van der Waals surface area (Å²) >= 11 is 0. The predicted octanol–water partition coefficient (Wildman–Crippen LogP) is 4.00. The molecule has 0 bridgehead atoms. The van der Waals surface area contributed by atoms with Crippen LogP contribution >= 0.6 is 0 Å². The molecule has 4 aromatic rings. The highest BCUT2D eigenvalue weighted by Gasteiger charge is 2.08. The lowest BCUT2D eigenvalue weighted by atomic mass is 10.1. The average molecular weight is 529 g/mol. The minimum absolute atomic E-state index is 0. The molecular formula is C32H36N2O5. The first-order valence-electron chi connectivity index (χ1n) is 12.8. The number of rotatable bonds is 14. The highest BCUT2D eigenvalue weighted by atomic mass is 16.5. The summed E-state index contributed by atoms with van der Waals surface area (Å²) in [5, 5.41) is 16.6. The topological polar surface area (TPSA) is 111 Å². The molecule has 39 heavy (non-hydrogen) atoms. The number of carbonyl (C=O) groups is 1. The molecule has 0 aliphatic rings. The summed E-state index contributed by atoms with van der Waals surface area (Å²) in [6.45, 7) is 2.52. The van der Waals surface area contributed by atoms with Crippen molar-refractivity contribution in [2.75, 3.05) is 19.7 Å². The van der Waals surface area contributed by atoms with Gasteiger partial charge in [0.2, 0.25) is 5.91 Å². The van der Waals surface area contributed by atoms with Gasteiger partial charge in [0.15, 0.2) is 0 Å². The van der Waals surface area contributed by atoms with Gasteiger partial charge in [0.1, 0.15) is 24.7 Å². The van der Waals surface area contributed by atoms with Crippen LogP contribution in [0.2, 0.25) is 0 Å². The van der Waals surface area contributed by atoms with E-state index in [2.05, 4.69) is 10.6 Å². The first kappa shape index (κ1) is 29.4. The lowest BCUT2D eigenvalue weighted by molar-refractivity contribution is -0.120. The van der Waals surface area contributed by atoms with Gasteiger partial charge in [-0.3, -0.25) is 4.79 Å². The maximum Gasteiger partial charge on any atom is 0.224 e. The standard InChI is InChI=1S/C32H34N2O4.H2O/c35-31(28-13-17-30(18-14-28)38-24-27-9-5-2-6-10-27)23-33-19-20-37-29-15-11-25(12-16-29)21-32(36)34-22-26-7-3-1-4-8-26;/h1-18,31,33,35H,19-24H2,(H,34,36);1H2. The molecular weight excluding hydrogens is 492 g/mol. The first-order valence-corrected chi connectivity index (χ1v) is 12.8. The number of hydrogen-bond acceptors (Lipinski definition) is 5. The van der Waals surface area contributed by atoms with Gasteiger partial charge in [0.05, 0.1) is 12.5 Å². The Balaban J connectivity index is 0.00000420. The molecule has 204 valence electrons. The summed E-state index contributed by atoms with van der Waals surface area (Å²) in [4.78, 5) is 12.2. The summed E-state index contributed by atoms with van der Waals surface area (Å²) in [5.74, 6) is 1.50. The lowest BCUT2D eigenvalue weighted by Crippen LogP contribution is -2.26. The number of ether oxygens (including phenoxy) is 2. The van der Waals surface area contributed by atoms with Crippen LogP contribution in [0.15, 0.2) is 109 Å². The third kappa shape index (κ3) is 10.2. The Hall–Kier alpha value is -4.17. The summed E-state index contributed by atoms with van der Waals surface area (Å²) in [7, 11) is 0. The van der Waals surface area contributed by atoms with Gasteiger partial charge >= 0.3 is 0 Å². The van der Waals surface area contributed by atoms with Crippen molar-refractivity contribution >= 4 is 5.91 Å². The third-order valence-corrected chi connectivity index (χ3v) is 6.02. The van der Waals surface area contributed by atoms with E-state index in [9.17, 15) is 9.90 Å². The zero-order valence-corrected chi connectivity index (χ0v) is 21.9. The van der Waals surface area contributed by atoms with E-state index in [1.165, 1.54) is 0 Å². The monoisotopic (exact) mass is 528 g/mol. The predicted molar refractivity (Wildman–Crippen MR) is 153 cm³/mol. The van der Waals surface area contributed by atoms with Crippen molar-refractivity contribution in [1.82, 2.24) is 10.6 Å². The molecule has 0 saturated heterocycles. The fourth-order valence-electron chi connectivity index (χ4n) is 3.87. The number of amides is 1. The van der Waals surface area contributed by atoms with Gasteiger partial charge in [0.25, 0.3) is 0 Å². The van der Waals surface area contributed by atoms with Crippen molar-refractivity contribution in [1.29, 1.82) is 0 Å². The van der Waals surface area contributed by atoms with Crippen LogP contribution < -0.4 is 20.1 Å². The fraction of sp³-hybridized carbons (Fsp3) is 0.219. The van der Waals surface area contributed by atoms with Crippen molar-refractivity contribution in [3.8, 4) is 11.5 Å². The number of carbonyl (C=O) groups excluding carboxylic acids is 1. The molecule has 1 atom stereocenters. The van der Waals surface area contributed by atoms with Crippen LogP contribution in [0.3, 0.4) is 0 Å². The Morgan fingerprint density at radius 2 is 1.31 bits per heavy atom. The Morgan fingerprint density at radius 3 is 1.97 bits per heavy atom. The van der Waals surface area contributed by atoms with Crippen molar-refractivity contribution < 1.29 is 24.9 Å². The third-order valence-electron chi connectivity index (χ3n) is 6.02. The van der Waals surface area contributed by atoms with Gasteiger partial charge in [-0.05, 0) is 46.5 Å². The van der Waals surface area contributed by atoms with E-state index in [-0.39, 0.29) is 11.4 Å². The highest BCUT2D eigenvalue weighted by molar-refractivity contribution is 5.78. The molecule has 0 heterocycles. The van der Waals surface area contributed by atoms with E-state index in [4.69, 9.17) is 9.47 Å². The second-order valence-corrected chi connectivity index (χ2v) is 8.99. The Morgan fingerprint density at radius 1 is 0.718 bits per heavy atom. The molecule has 0 aliphatic heterocycles. The molecule has 0 radical (unpaired) electrons. The normalized spacial score (nSPS) is 11.2. The van der Waals surface area contributed by atoms with Crippen molar-refractivity contribution in [2.45, 2.75) is 25.7 Å². The Kier molecular flexibility index (Phi) is 12.0. The van der Waals surface area contributed by atoms with Crippen LogP contribution in [0.4, 0.5) is 0 Å². The molecule has 0 saturated carbocycles. The molecule has 0 spiro atoms. The summed E-state index contributed by atoms with van der Waals surface area (Å²) < 4.78 is 11.6. The van der Waals surface area contributed by atoms with Crippen molar-refractivity contribution in [2.24, 2.45) is 0 Å². The minimum atomic E-state index is -0.620. The Bertz CT molecular complexity index is 1230. The van der Waals surface area contributed by atoms with Gasteiger partial charge in [-0.1, -0.05) is 84.9 Å². The SMILES string of the molecule is O.O=C(Cc1ccc(OCCNCC(O)c2ccc(OCc3ccccc3)cc2)cc1)NCc1ccccc1. The van der Waals surface area contributed by atoms with E-state index in [0.717, 1.165) is 33.8 Å². The molecule has 5 N–H and O–H groups in total. The summed E-state index contributed by atoms with van der Waals surface area (Å²) in [5.41, 5.74) is 3.95. The quantitative estimate of drug-likeness (QED) is 0.214. The molecule has 0 fully saturated rings. The van der Waals surface area contributed by atoms with Crippen LogP contribution in [0.25, 0.3) is 0 Å². The lowest BCUT2D eigenvalue weighted by Gasteiger charge is -2.14. The molecule has 7 nitrogen and oxygen atoms in total. The zero-order chi connectivity index (χ0) is 26.4. The van der Waals surface area contributed by atoms with Gasteiger partial charge in [-0.2, -0.15) is 0 Å². The maximum atomic E-state index is 12.2. The van der Waals surface area contributed by atoms with Crippen LogP contribution in [0, 0.1) is 0 Å². The van der Waals surface area contributed by atoms with E-state index in [1.807, 2.05) is 109 Å². The number of aliphatic hydroxyl groups excluding tert-OH is 1. The molecule has 7 heteroatoms. The highest BCUT2D eigenvalue weighted by Crippen LogP contribution is 2.18. The summed E-state index contributed by atoms with van der Waals surface area (Å²) in [6, 6.07) is 34.9. The molecule has 1 unspecified atom stereocenters. The van der Waals surface area contributed by atoms with Gasteiger partial charge in [-0.25, -0.2) is 0 Å². The number of benzene rings is 4. The van der Waals surface area contributed by atoms with E-state index >= 15 is 0 Å². The number of hydrogen-bond donors (Lipinski definition) is 3. The smallest absolute Gasteiger partial charge is 0.224 e. The molecule has 0 aliphatic carbocycles.